The highest BCUT2D eigenvalue weighted by Crippen LogP contribution is 2.16. The molecule has 0 aliphatic carbocycles. The molecule has 1 unspecified atom stereocenters. The second kappa shape index (κ2) is 62.6. The number of esters is 2. The fourth-order valence-electron chi connectivity index (χ4n) is 8.47. The van der Waals surface area contributed by atoms with E-state index in [1.165, 1.54) is 148 Å². The van der Waals surface area contributed by atoms with E-state index in [0.717, 1.165) is 103 Å². The number of carbonyl (C=O) groups excluding carboxylic acids is 2. The number of carbonyl (C=O) groups is 2. The van der Waals surface area contributed by atoms with Crippen LogP contribution in [0.4, 0.5) is 0 Å². The summed E-state index contributed by atoms with van der Waals surface area (Å²) in [5.41, 5.74) is 0. The first-order chi connectivity index (χ1) is 36.1. The van der Waals surface area contributed by atoms with Crippen molar-refractivity contribution >= 4 is 11.9 Å². The van der Waals surface area contributed by atoms with Gasteiger partial charge in [-0.3, -0.25) is 9.59 Å². The van der Waals surface area contributed by atoms with Crippen LogP contribution < -0.4 is 0 Å². The average molecular weight is 1010 g/mol. The van der Waals surface area contributed by atoms with Crippen LogP contribution in [-0.4, -0.2) is 36.4 Å². The predicted octanol–water partition coefficient (Wildman–Crippen LogP) is 21.0. The minimum atomic E-state index is -0.779. The van der Waals surface area contributed by atoms with E-state index in [-0.39, 0.29) is 25.2 Å². The molecule has 0 aromatic heterocycles. The zero-order valence-corrected chi connectivity index (χ0v) is 47.6. The maximum Gasteiger partial charge on any atom is 0.306 e. The zero-order chi connectivity index (χ0) is 52.7. The predicted molar refractivity (Wildman–Crippen MR) is 320 cm³/mol. The summed E-state index contributed by atoms with van der Waals surface area (Å²) in [5, 5.41) is 9.66. The van der Waals surface area contributed by atoms with E-state index in [4.69, 9.17) is 9.47 Å². The van der Waals surface area contributed by atoms with E-state index in [0.29, 0.717) is 12.8 Å². The fraction of sp³-hybridized carbons (Fsp3) is 0.676. The number of allylic oxidation sites excluding steroid dienone is 20. The lowest BCUT2D eigenvalue weighted by Crippen LogP contribution is -2.28. The summed E-state index contributed by atoms with van der Waals surface area (Å²) in [7, 11) is 0. The van der Waals surface area contributed by atoms with Crippen molar-refractivity contribution in [3.63, 3.8) is 0 Å². The van der Waals surface area contributed by atoms with Crippen LogP contribution in [-0.2, 0) is 19.1 Å². The Morgan fingerprint density at radius 3 is 0.890 bits per heavy atom. The molecule has 0 aromatic carbocycles. The first-order valence-electron chi connectivity index (χ1n) is 30.6. The molecule has 5 nitrogen and oxygen atoms in total. The lowest BCUT2D eigenvalue weighted by molar-refractivity contribution is -0.161. The Morgan fingerprint density at radius 1 is 0.329 bits per heavy atom. The summed E-state index contributed by atoms with van der Waals surface area (Å²) in [5.74, 6) is -0.591. The molecule has 0 aromatic rings. The topological polar surface area (TPSA) is 72.8 Å². The van der Waals surface area contributed by atoms with E-state index in [2.05, 4.69) is 135 Å². The van der Waals surface area contributed by atoms with Crippen molar-refractivity contribution in [2.24, 2.45) is 0 Å². The molecule has 73 heavy (non-hydrogen) atoms. The van der Waals surface area contributed by atoms with Gasteiger partial charge in [-0.25, -0.2) is 0 Å². The van der Waals surface area contributed by atoms with E-state index in [1.807, 2.05) is 0 Å². The molecule has 0 radical (unpaired) electrons. The molecule has 416 valence electrons. The molecule has 0 saturated carbocycles. The molecule has 0 fully saturated rings. The number of hydrogen-bond acceptors (Lipinski definition) is 5. The molecule has 0 saturated heterocycles. The van der Waals surface area contributed by atoms with Crippen molar-refractivity contribution in [1.82, 2.24) is 0 Å². The van der Waals surface area contributed by atoms with Gasteiger partial charge in [0.15, 0.2) is 6.10 Å². The van der Waals surface area contributed by atoms with Gasteiger partial charge in [0, 0.05) is 12.8 Å². The Balaban J connectivity index is 3.56. The van der Waals surface area contributed by atoms with E-state index < -0.39 is 6.10 Å². The maximum absolute atomic E-state index is 12.3. The van der Waals surface area contributed by atoms with Gasteiger partial charge in [-0.05, 0) is 89.9 Å². The van der Waals surface area contributed by atoms with Crippen molar-refractivity contribution in [3.05, 3.63) is 122 Å². The summed E-state index contributed by atoms with van der Waals surface area (Å²) in [6.07, 6.45) is 91.8. The normalized spacial score (nSPS) is 13.1. The van der Waals surface area contributed by atoms with Crippen LogP contribution in [0, 0.1) is 0 Å². The Morgan fingerprint density at radius 2 is 0.589 bits per heavy atom. The highest BCUT2D eigenvalue weighted by atomic mass is 16.6. The molecule has 0 amide bonds. The first kappa shape index (κ1) is 69.3. The maximum atomic E-state index is 12.3. The third-order valence-corrected chi connectivity index (χ3v) is 13.0. The lowest BCUT2D eigenvalue weighted by atomic mass is 10.0. The van der Waals surface area contributed by atoms with Crippen LogP contribution >= 0.6 is 0 Å². The Kier molecular flexibility index (Phi) is 59.4. The minimum Gasteiger partial charge on any atom is -0.462 e. The SMILES string of the molecule is CC/C=C\C/C=C\C/C=C\C/C=C\C/C=C\C/C=C\C/C=C\C/C=C\C/C=C\C/C=C\CCCCCCCCCCCCC(=O)OC(CO)COC(=O)CCCCCCCCCCCCCCCCCCCC. The van der Waals surface area contributed by atoms with Crippen molar-refractivity contribution in [1.29, 1.82) is 0 Å². The number of ether oxygens (including phenoxy) is 2. The van der Waals surface area contributed by atoms with Gasteiger partial charge in [0.2, 0.25) is 0 Å². The van der Waals surface area contributed by atoms with Crippen LogP contribution in [0.3, 0.4) is 0 Å². The van der Waals surface area contributed by atoms with Crippen LogP contribution in [0.15, 0.2) is 122 Å². The van der Waals surface area contributed by atoms with Crippen LogP contribution in [0.25, 0.3) is 0 Å². The highest BCUT2D eigenvalue weighted by molar-refractivity contribution is 5.70. The van der Waals surface area contributed by atoms with Crippen molar-refractivity contribution < 1.29 is 24.2 Å². The minimum absolute atomic E-state index is 0.0692. The largest absolute Gasteiger partial charge is 0.462 e. The van der Waals surface area contributed by atoms with E-state index in [1.54, 1.807) is 0 Å². The molecular formula is C68H114O5. The molecule has 0 rings (SSSR count). The molecule has 1 N–H and O–H groups in total. The van der Waals surface area contributed by atoms with Crippen molar-refractivity contribution in [2.45, 2.75) is 283 Å². The number of hydrogen-bond donors (Lipinski definition) is 1. The number of aliphatic hydroxyl groups is 1. The van der Waals surface area contributed by atoms with Gasteiger partial charge in [0.25, 0.3) is 0 Å². The molecule has 0 aliphatic heterocycles. The number of unbranched alkanes of at least 4 members (excludes halogenated alkanes) is 27. The van der Waals surface area contributed by atoms with E-state index in [9.17, 15) is 14.7 Å². The van der Waals surface area contributed by atoms with Gasteiger partial charge >= 0.3 is 11.9 Å². The quantitative estimate of drug-likeness (QED) is 0.0373. The third-order valence-electron chi connectivity index (χ3n) is 13.0. The molecule has 0 spiro atoms. The Labute approximate surface area is 452 Å². The molecule has 1 atom stereocenters. The summed E-state index contributed by atoms with van der Waals surface area (Å²) < 4.78 is 10.7. The second-order valence-electron chi connectivity index (χ2n) is 20.1. The first-order valence-corrected chi connectivity index (χ1v) is 30.6. The molecule has 5 heteroatoms. The zero-order valence-electron chi connectivity index (χ0n) is 47.6. The summed E-state index contributed by atoms with van der Waals surface area (Å²) in [4.78, 5) is 24.5. The molecule has 0 heterocycles. The van der Waals surface area contributed by atoms with Crippen molar-refractivity contribution in [2.75, 3.05) is 13.2 Å². The molecule has 0 aliphatic rings. The second-order valence-corrected chi connectivity index (χ2v) is 20.1. The van der Waals surface area contributed by atoms with Gasteiger partial charge in [0.1, 0.15) is 6.61 Å². The van der Waals surface area contributed by atoms with Crippen molar-refractivity contribution in [3.8, 4) is 0 Å². The third kappa shape index (κ3) is 60.7. The molecule has 0 bridgehead atoms. The summed E-state index contributed by atoms with van der Waals surface area (Å²) >= 11 is 0. The van der Waals surface area contributed by atoms with Gasteiger partial charge in [-0.2, -0.15) is 0 Å². The standard InChI is InChI=1S/C68H114O5/c1-3-5-7-9-11-13-15-17-19-21-23-24-25-26-27-28-29-30-31-32-33-34-35-36-37-38-39-40-41-42-43-44-45-47-49-51-53-55-57-59-61-63-68(71)73-66(64-69)65-72-67(70)62-60-58-56-54-52-50-48-46-22-20-18-16-14-12-10-8-6-4-2/h5,7,11,13,17,19,23-24,26-27,29-30,32-33,35-36,38-39,41-42,66,69H,3-4,6,8-10,12,14-16,18,20-22,25,28,31,34,37,40,43-65H2,1-2H3/b7-5-,13-11-,19-17-,24-23-,27-26-,30-29-,33-32-,36-35-,39-38-,42-41-. The van der Waals surface area contributed by atoms with Crippen LogP contribution in [0.1, 0.15) is 277 Å². The highest BCUT2D eigenvalue weighted by Gasteiger charge is 2.16. The van der Waals surface area contributed by atoms with E-state index >= 15 is 0 Å². The number of rotatable bonds is 55. The van der Waals surface area contributed by atoms with Gasteiger partial charge in [0.05, 0.1) is 6.61 Å². The fourth-order valence-corrected chi connectivity index (χ4v) is 8.47. The van der Waals surface area contributed by atoms with Crippen LogP contribution in [0.5, 0.6) is 0 Å². The lowest BCUT2D eigenvalue weighted by Gasteiger charge is -2.15. The molecular weight excluding hydrogens is 897 g/mol. The Bertz CT molecular complexity index is 1470. The van der Waals surface area contributed by atoms with Crippen LogP contribution in [0.2, 0.25) is 0 Å². The van der Waals surface area contributed by atoms with Gasteiger partial charge in [-0.1, -0.05) is 296 Å². The summed E-state index contributed by atoms with van der Waals surface area (Å²) in [6.45, 7) is 4.04. The number of aliphatic hydroxyl groups excluding tert-OH is 1. The Hall–Kier alpha value is -3.70. The van der Waals surface area contributed by atoms with Gasteiger partial charge in [-0.15, -0.1) is 0 Å². The smallest absolute Gasteiger partial charge is 0.306 e. The average Bonchev–Trinajstić information content (AvgIpc) is 3.39. The van der Waals surface area contributed by atoms with Gasteiger partial charge < -0.3 is 14.6 Å². The monoisotopic (exact) mass is 1010 g/mol. The summed E-state index contributed by atoms with van der Waals surface area (Å²) in [6, 6.07) is 0.